The monoisotopic (exact) mass is 348 g/mol. The fourth-order valence-electron chi connectivity index (χ4n) is 2.92. The second-order valence-electron chi connectivity index (χ2n) is 6.03. The summed E-state index contributed by atoms with van der Waals surface area (Å²) in [5.74, 6) is -0.858. The van der Waals surface area contributed by atoms with Crippen molar-refractivity contribution in [3.63, 3.8) is 0 Å². The Balaban J connectivity index is 1.77. The second-order valence-corrected chi connectivity index (χ2v) is 8.03. The molecule has 0 radical (unpaired) electrons. The summed E-state index contributed by atoms with van der Waals surface area (Å²) in [6.45, 7) is 2.08. The third-order valence-corrected chi connectivity index (χ3v) is 6.12. The summed E-state index contributed by atoms with van der Waals surface area (Å²) in [6, 6.07) is 13.4. The van der Waals surface area contributed by atoms with E-state index in [9.17, 15) is 12.8 Å². The molecular weight excluding hydrogens is 327 g/mol. The smallest absolute Gasteiger partial charge is 0.239 e. The van der Waals surface area contributed by atoms with E-state index in [4.69, 9.17) is 0 Å². The first-order valence-electron chi connectivity index (χ1n) is 8.02. The number of sulfonamides is 1. The lowest BCUT2D eigenvalue weighted by atomic mass is 10.2. The van der Waals surface area contributed by atoms with Crippen molar-refractivity contribution in [2.75, 3.05) is 29.3 Å². The van der Waals surface area contributed by atoms with Gasteiger partial charge in [-0.15, -0.1) is 0 Å². The Kier molecular flexibility index (Phi) is 4.76. The Morgan fingerprint density at radius 2 is 1.67 bits per heavy atom. The van der Waals surface area contributed by atoms with E-state index in [1.54, 1.807) is 24.3 Å². The minimum atomic E-state index is -3.64. The van der Waals surface area contributed by atoms with Crippen LogP contribution in [0.2, 0.25) is 0 Å². The summed E-state index contributed by atoms with van der Waals surface area (Å²) in [5, 5.41) is 0. The second kappa shape index (κ2) is 6.81. The highest BCUT2D eigenvalue weighted by molar-refractivity contribution is 7.92. The van der Waals surface area contributed by atoms with Crippen molar-refractivity contribution >= 4 is 21.4 Å². The van der Waals surface area contributed by atoms with Gasteiger partial charge in [0.05, 0.1) is 11.4 Å². The molecule has 0 aromatic heterocycles. The zero-order valence-electron chi connectivity index (χ0n) is 13.7. The molecule has 2 aromatic carbocycles. The zero-order valence-corrected chi connectivity index (χ0v) is 14.5. The van der Waals surface area contributed by atoms with Crippen LogP contribution in [0.4, 0.5) is 15.8 Å². The van der Waals surface area contributed by atoms with E-state index < -0.39 is 15.8 Å². The summed E-state index contributed by atoms with van der Waals surface area (Å²) in [5.41, 5.74) is 1.86. The predicted octanol–water partition coefficient (Wildman–Crippen LogP) is 3.39. The fraction of sp³-hybridized carbons (Fsp3) is 0.333. The molecule has 1 aliphatic heterocycles. The average molecular weight is 348 g/mol. The molecule has 0 amide bonds. The van der Waals surface area contributed by atoms with Crippen LogP contribution in [0.15, 0.2) is 48.5 Å². The Bertz CT molecular complexity index is 800. The Morgan fingerprint density at radius 1 is 1.04 bits per heavy atom. The molecule has 3 rings (SSSR count). The van der Waals surface area contributed by atoms with Crippen molar-refractivity contribution in [1.82, 2.24) is 0 Å². The van der Waals surface area contributed by atoms with Crippen LogP contribution in [0.3, 0.4) is 0 Å². The molecule has 0 spiro atoms. The molecule has 1 saturated heterocycles. The van der Waals surface area contributed by atoms with Gasteiger partial charge >= 0.3 is 0 Å². The van der Waals surface area contributed by atoms with Crippen LogP contribution in [0.1, 0.15) is 18.4 Å². The molecule has 0 unspecified atom stereocenters. The molecule has 1 aliphatic rings. The molecule has 0 bridgehead atoms. The molecule has 0 aliphatic carbocycles. The highest BCUT2D eigenvalue weighted by Crippen LogP contribution is 2.25. The summed E-state index contributed by atoms with van der Waals surface area (Å²) < 4.78 is 40.0. The molecular formula is C18H21FN2O2S. The highest BCUT2D eigenvalue weighted by atomic mass is 32.2. The summed E-state index contributed by atoms with van der Waals surface area (Å²) in [6.07, 6.45) is 2.39. The van der Waals surface area contributed by atoms with Crippen LogP contribution >= 0.6 is 0 Å². The van der Waals surface area contributed by atoms with Gasteiger partial charge in [-0.3, -0.25) is 4.31 Å². The van der Waals surface area contributed by atoms with Crippen LogP contribution in [0.5, 0.6) is 0 Å². The number of rotatable bonds is 5. The van der Waals surface area contributed by atoms with Gasteiger partial charge in [-0.25, -0.2) is 12.8 Å². The quantitative estimate of drug-likeness (QED) is 0.832. The van der Waals surface area contributed by atoms with E-state index in [0.29, 0.717) is 5.69 Å². The van der Waals surface area contributed by atoms with Gasteiger partial charge in [-0.1, -0.05) is 18.2 Å². The molecule has 24 heavy (non-hydrogen) atoms. The third kappa shape index (κ3) is 3.53. The zero-order chi connectivity index (χ0) is 17.2. The maximum atomic E-state index is 13.7. The molecule has 0 atom stereocenters. The molecule has 2 aromatic rings. The van der Waals surface area contributed by atoms with Gasteiger partial charge < -0.3 is 4.90 Å². The van der Waals surface area contributed by atoms with E-state index in [2.05, 4.69) is 4.90 Å². The normalized spacial score (nSPS) is 14.8. The summed E-state index contributed by atoms with van der Waals surface area (Å²) >= 11 is 0. The van der Waals surface area contributed by atoms with Crippen LogP contribution in [0, 0.1) is 5.82 Å². The van der Waals surface area contributed by atoms with E-state index in [-0.39, 0.29) is 11.3 Å². The molecule has 1 fully saturated rings. The van der Waals surface area contributed by atoms with E-state index in [1.807, 2.05) is 12.1 Å². The lowest BCUT2D eigenvalue weighted by Crippen LogP contribution is -2.28. The van der Waals surface area contributed by atoms with E-state index >= 15 is 0 Å². The van der Waals surface area contributed by atoms with Crippen LogP contribution < -0.4 is 9.21 Å². The summed E-state index contributed by atoms with van der Waals surface area (Å²) in [7, 11) is -2.14. The van der Waals surface area contributed by atoms with Gasteiger partial charge in [0.15, 0.2) is 0 Å². The molecule has 0 saturated carbocycles. The van der Waals surface area contributed by atoms with E-state index in [1.165, 1.54) is 36.3 Å². The van der Waals surface area contributed by atoms with Gasteiger partial charge in [-0.05, 0) is 43.2 Å². The van der Waals surface area contributed by atoms with Gasteiger partial charge in [-0.2, -0.15) is 0 Å². The van der Waals surface area contributed by atoms with Crippen molar-refractivity contribution in [3.8, 4) is 0 Å². The standard InChI is InChI=1S/C18H21FN2O2S/c1-20(24(22,23)14-15-6-2-3-7-18(15)19)16-8-10-17(11-9-16)21-12-4-5-13-21/h2-3,6-11H,4-5,12-14H2,1H3. The maximum absolute atomic E-state index is 13.7. The number of nitrogens with zero attached hydrogens (tertiary/aromatic N) is 2. The number of hydrogen-bond donors (Lipinski definition) is 0. The van der Waals surface area contributed by atoms with Crippen LogP contribution in [0.25, 0.3) is 0 Å². The first kappa shape index (κ1) is 16.8. The van der Waals surface area contributed by atoms with Crippen LogP contribution in [-0.2, 0) is 15.8 Å². The molecule has 6 heteroatoms. The minimum Gasteiger partial charge on any atom is -0.372 e. The van der Waals surface area contributed by atoms with Crippen molar-refractivity contribution in [2.45, 2.75) is 18.6 Å². The maximum Gasteiger partial charge on any atom is 0.239 e. The lowest BCUT2D eigenvalue weighted by molar-refractivity contribution is 0.585. The van der Waals surface area contributed by atoms with Crippen molar-refractivity contribution in [1.29, 1.82) is 0 Å². The first-order valence-corrected chi connectivity index (χ1v) is 9.63. The molecule has 1 heterocycles. The number of benzene rings is 2. The van der Waals surface area contributed by atoms with Gasteiger partial charge in [0.2, 0.25) is 10.0 Å². The number of hydrogen-bond acceptors (Lipinski definition) is 3. The van der Waals surface area contributed by atoms with Gasteiger partial charge in [0.25, 0.3) is 0 Å². The van der Waals surface area contributed by atoms with Crippen LogP contribution in [-0.4, -0.2) is 28.6 Å². The lowest BCUT2D eigenvalue weighted by Gasteiger charge is -2.22. The Morgan fingerprint density at radius 3 is 2.29 bits per heavy atom. The SMILES string of the molecule is CN(c1ccc(N2CCCC2)cc1)S(=O)(=O)Cc1ccccc1F. The number of anilines is 2. The fourth-order valence-corrected chi connectivity index (χ4v) is 4.18. The molecule has 128 valence electrons. The van der Waals surface area contributed by atoms with Gasteiger partial charge in [0, 0.05) is 31.4 Å². The number of halogens is 1. The van der Waals surface area contributed by atoms with E-state index in [0.717, 1.165) is 18.8 Å². The predicted molar refractivity (Wildman–Crippen MR) is 95.3 cm³/mol. The van der Waals surface area contributed by atoms with Crippen molar-refractivity contribution in [2.24, 2.45) is 0 Å². The third-order valence-electron chi connectivity index (χ3n) is 4.40. The minimum absolute atomic E-state index is 0.179. The molecule has 0 N–H and O–H groups in total. The Labute approximate surface area is 142 Å². The topological polar surface area (TPSA) is 40.6 Å². The first-order chi connectivity index (χ1) is 11.5. The van der Waals surface area contributed by atoms with Gasteiger partial charge in [0.1, 0.15) is 5.82 Å². The largest absolute Gasteiger partial charge is 0.372 e. The molecule has 4 nitrogen and oxygen atoms in total. The van der Waals surface area contributed by atoms with Crippen molar-refractivity contribution in [3.05, 3.63) is 59.9 Å². The highest BCUT2D eigenvalue weighted by Gasteiger charge is 2.21. The van der Waals surface area contributed by atoms with Crippen molar-refractivity contribution < 1.29 is 12.8 Å². The average Bonchev–Trinajstić information content (AvgIpc) is 3.11. The summed E-state index contributed by atoms with van der Waals surface area (Å²) in [4.78, 5) is 2.29. The Hall–Kier alpha value is -2.08.